The first-order chi connectivity index (χ1) is 14.1. The van der Waals surface area contributed by atoms with Gasteiger partial charge in [0.2, 0.25) is 5.91 Å². The van der Waals surface area contributed by atoms with Gasteiger partial charge in [-0.3, -0.25) is 9.59 Å². The molecule has 2 aromatic heterocycles. The van der Waals surface area contributed by atoms with E-state index in [0.29, 0.717) is 17.3 Å². The number of rotatable bonds is 6. The maximum Gasteiger partial charge on any atom is 0.266 e. The fourth-order valence-electron chi connectivity index (χ4n) is 3.03. The molecule has 146 valence electrons. The summed E-state index contributed by atoms with van der Waals surface area (Å²) in [6.07, 6.45) is 1.64. The minimum atomic E-state index is -0.224. The van der Waals surface area contributed by atoms with Crippen LogP contribution in [0.3, 0.4) is 0 Å². The number of carbonyl (C=O) groups excluding carboxylic acids is 1. The first-order valence-corrected chi connectivity index (χ1v) is 9.48. The molecule has 0 bridgehead atoms. The SMILES string of the molecule is O=C(Cn1cnc2ccccc21)NCCn1nc(-c2ccc(Cl)cc2)ccc1=O. The van der Waals surface area contributed by atoms with Crippen molar-refractivity contribution in [1.29, 1.82) is 0 Å². The molecule has 8 heteroatoms. The zero-order chi connectivity index (χ0) is 20.2. The number of imidazole rings is 1. The number of halogens is 1. The Labute approximate surface area is 171 Å². The molecule has 0 saturated heterocycles. The van der Waals surface area contributed by atoms with Crippen molar-refractivity contribution in [3.05, 3.63) is 82.4 Å². The Morgan fingerprint density at radius 2 is 1.83 bits per heavy atom. The average molecular weight is 408 g/mol. The molecule has 0 aliphatic heterocycles. The van der Waals surface area contributed by atoms with Crippen molar-refractivity contribution in [3.8, 4) is 11.3 Å². The summed E-state index contributed by atoms with van der Waals surface area (Å²) in [7, 11) is 0. The molecular weight excluding hydrogens is 390 g/mol. The van der Waals surface area contributed by atoms with Gasteiger partial charge < -0.3 is 9.88 Å². The van der Waals surface area contributed by atoms with E-state index in [4.69, 9.17) is 11.6 Å². The lowest BCUT2D eigenvalue weighted by Crippen LogP contribution is -2.33. The third-order valence-electron chi connectivity index (χ3n) is 4.49. The van der Waals surface area contributed by atoms with E-state index in [1.165, 1.54) is 10.7 Å². The van der Waals surface area contributed by atoms with Gasteiger partial charge in [-0.25, -0.2) is 9.67 Å². The summed E-state index contributed by atoms with van der Waals surface area (Å²) in [5.74, 6) is -0.157. The predicted molar refractivity (Wildman–Crippen MR) is 112 cm³/mol. The molecule has 0 spiro atoms. The van der Waals surface area contributed by atoms with Crippen LogP contribution in [0.2, 0.25) is 5.02 Å². The number of fused-ring (bicyclic) bond motifs is 1. The summed E-state index contributed by atoms with van der Waals surface area (Å²) in [4.78, 5) is 28.6. The van der Waals surface area contributed by atoms with Gasteiger partial charge in [0.25, 0.3) is 5.56 Å². The van der Waals surface area contributed by atoms with Crippen LogP contribution < -0.4 is 10.9 Å². The normalized spacial score (nSPS) is 10.9. The van der Waals surface area contributed by atoms with Crippen molar-refractivity contribution in [2.75, 3.05) is 6.54 Å². The lowest BCUT2D eigenvalue weighted by Gasteiger charge is -2.09. The van der Waals surface area contributed by atoms with Crippen LogP contribution in [0.25, 0.3) is 22.3 Å². The van der Waals surface area contributed by atoms with E-state index in [1.807, 2.05) is 36.4 Å². The fourth-order valence-corrected chi connectivity index (χ4v) is 3.16. The third-order valence-corrected chi connectivity index (χ3v) is 4.75. The monoisotopic (exact) mass is 407 g/mol. The van der Waals surface area contributed by atoms with Crippen LogP contribution in [0, 0.1) is 0 Å². The van der Waals surface area contributed by atoms with Gasteiger partial charge in [-0.15, -0.1) is 0 Å². The zero-order valence-corrected chi connectivity index (χ0v) is 16.2. The number of carbonyl (C=O) groups is 1. The highest BCUT2D eigenvalue weighted by Crippen LogP contribution is 2.18. The van der Waals surface area contributed by atoms with Crippen LogP contribution in [0.4, 0.5) is 0 Å². The molecule has 0 atom stereocenters. The molecule has 0 saturated carbocycles. The quantitative estimate of drug-likeness (QED) is 0.532. The molecule has 1 N–H and O–H groups in total. The lowest BCUT2D eigenvalue weighted by molar-refractivity contribution is -0.121. The van der Waals surface area contributed by atoms with Crippen molar-refractivity contribution >= 4 is 28.5 Å². The number of para-hydroxylation sites is 2. The molecule has 7 nitrogen and oxygen atoms in total. The van der Waals surface area contributed by atoms with Crippen molar-refractivity contribution in [1.82, 2.24) is 24.6 Å². The van der Waals surface area contributed by atoms with Crippen LogP contribution >= 0.6 is 11.6 Å². The Kier molecular flexibility index (Phi) is 5.39. The average Bonchev–Trinajstić information content (AvgIpc) is 3.13. The van der Waals surface area contributed by atoms with E-state index in [-0.39, 0.29) is 24.6 Å². The van der Waals surface area contributed by atoms with Crippen molar-refractivity contribution < 1.29 is 4.79 Å². The van der Waals surface area contributed by atoms with E-state index >= 15 is 0 Å². The van der Waals surface area contributed by atoms with Crippen LogP contribution in [0.15, 0.2) is 71.8 Å². The van der Waals surface area contributed by atoms with Gasteiger partial charge in [0, 0.05) is 23.2 Å². The van der Waals surface area contributed by atoms with Gasteiger partial charge in [-0.2, -0.15) is 5.10 Å². The molecule has 2 heterocycles. The Morgan fingerprint density at radius 1 is 1.03 bits per heavy atom. The summed E-state index contributed by atoms with van der Waals surface area (Å²) in [5.41, 5.74) is 3.04. The van der Waals surface area contributed by atoms with Crippen LogP contribution in [0.5, 0.6) is 0 Å². The van der Waals surface area contributed by atoms with Crippen LogP contribution in [-0.4, -0.2) is 31.8 Å². The first kappa shape index (κ1) is 18.9. The van der Waals surface area contributed by atoms with Crippen LogP contribution in [0.1, 0.15) is 0 Å². The standard InChI is InChI=1S/C21H18ClN5O2/c22-16-7-5-15(6-8-16)17-9-10-21(29)27(25-17)12-11-23-20(28)13-26-14-24-18-3-1-2-4-19(18)26/h1-10,14H,11-13H2,(H,23,28). The smallest absolute Gasteiger partial charge is 0.266 e. The number of hydrogen-bond acceptors (Lipinski definition) is 4. The van der Waals surface area contributed by atoms with Gasteiger partial charge in [-0.05, 0) is 30.3 Å². The second-order valence-corrected chi connectivity index (χ2v) is 6.93. The van der Waals surface area contributed by atoms with E-state index in [2.05, 4.69) is 15.4 Å². The van der Waals surface area contributed by atoms with Crippen molar-refractivity contribution in [2.45, 2.75) is 13.1 Å². The number of amides is 1. The highest BCUT2D eigenvalue weighted by atomic mass is 35.5. The molecule has 0 fully saturated rings. The summed E-state index contributed by atoms with van der Waals surface area (Å²) in [5, 5.41) is 7.84. The maximum absolute atomic E-state index is 12.3. The van der Waals surface area contributed by atoms with Gasteiger partial charge in [0.05, 0.1) is 29.6 Å². The topological polar surface area (TPSA) is 81.8 Å². The number of benzene rings is 2. The zero-order valence-electron chi connectivity index (χ0n) is 15.5. The predicted octanol–water partition coefficient (Wildman–Crippen LogP) is 2.73. The Bertz CT molecular complexity index is 1210. The highest BCUT2D eigenvalue weighted by molar-refractivity contribution is 6.30. The van der Waals surface area contributed by atoms with Gasteiger partial charge in [0.1, 0.15) is 6.54 Å². The van der Waals surface area contributed by atoms with Crippen molar-refractivity contribution in [2.24, 2.45) is 0 Å². The van der Waals surface area contributed by atoms with Crippen LogP contribution in [-0.2, 0) is 17.9 Å². The first-order valence-electron chi connectivity index (χ1n) is 9.11. The van der Waals surface area contributed by atoms with Crippen molar-refractivity contribution in [3.63, 3.8) is 0 Å². The molecule has 0 unspecified atom stereocenters. The molecular formula is C21H18ClN5O2. The Balaban J connectivity index is 1.38. The Hall–Kier alpha value is -3.45. The fraction of sp³-hybridized carbons (Fsp3) is 0.143. The number of hydrogen-bond donors (Lipinski definition) is 1. The molecule has 4 rings (SSSR count). The van der Waals surface area contributed by atoms with E-state index in [1.54, 1.807) is 29.1 Å². The minimum absolute atomic E-state index is 0.157. The molecule has 1 amide bonds. The van der Waals surface area contributed by atoms with E-state index in [0.717, 1.165) is 16.6 Å². The van der Waals surface area contributed by atoms with Gasteiger partial charge >= 0.3 is 0 Å². The van der Waals surface area contributed by atoms with Gasteiger partial charge in [-0.1, -0.05) is 35.9 Å². The highest BCUT2D eigenvalue weighted by Gasteiger charge is 2.08. The van der Waals surface area contributed by atoms with E-state index < -0.39 is 0 Å². The maximum atomic E-state index is 12.3. The third kappa shape index (κ3) is 4.35. The Morgan fingerprint density at radius 3 is 2.66 bits per heavy atom. The summed E-state index contributed by atoms with van der Waals surface area (Å²) >= 11 is 5.92. The molecule has 0 radical (unpaired) electrons. The number of aromatic nitrogens is 4. The molecule has 4 aromatic rings. The largest absolute Gasteiger partial charge is 0.353 e. The molecule has 2 aromatic carbocycles. The summed E-state index contributed by atoms with van der Waals surface area (Å²) < 4.78 is 3.13. The second kappa shape index (κ2) is 8.28. The summed E-state index contributed by atoms with van der Waals surface area (Å²) in [6, 6.07) is 18.0. The van der Waals surface area contributed by atoms with E-state index in [9.17, 15) is 9.59 Å². The number of nitrogens with zero attached hydrogens (tertiary/aromatic N) is 4. The second-order valence-electron chi connectivity index (χ2n) is 6.50. The minimum Gasteiger partial charge on any atom is -0.353 e. The molecule has 0 aliphatic carbocycles. The lowest BCUT2D eigenvalue weighted by atomic mass is 10.1. The molecule has 0 aliphatic rings. The molecule has 29 heavy (non-hydrogen) atoms. The number of nitrogens with one attached hydrogen (secondary N) is 1. The summed E-state index contributed by atoms with van der Waals surface area (Å²) in [6.45, 7) is 0.729. The van der Waals surface area contributed by atoms with Gasteiger partial charge in [0.15, 0.2) is 0 Å².